The highest BCUT2D eigenvalue weighted by atomic mass is 16.5. The number of nitrogens with zero attached hydrogens (tertiary/aromatic N) is 7. The fraction of sp³-hybridized carbons (Fsp3) is 0.526. The van der Waals surface area contributed by atoms with E-state index in [1.807, 2.05) is 34.0 Å². The number of piperidine rings is 1. The number of ether oxygens (including phenoxy) is 1. The van der Waals surface area contributed by atoms with Crippen LogP contribution in [0.2, 0.25) is 0 Å². The van der Waals surface area contributed by atoms with Gasteiger partial charge >= 0.3 is 0 Å². The van der Waals surface area contributed by atoms with Crippen LogP contribution in [-0.2, 0) is 7.05 Å². The van der Waals surface area contributed by atoms with Crippen LogP contribution in [0.1, 0.15) is 29.9 Å². The lowest BCUT2D eigenvalue weighted by Gasteiger charge is -2.32. The summed E-state index contributed by atoms with van der Waals surface area (Å²) >= 11 is 0. The molecule has 0 saturated carbocycles. The van der Waals surface area contributed by atoms with E-state index in [4.69, 9.17) is 4.74 Å². The van der Waals surface area contributed by atoms with Crippen molar-refractivity contribution >= 4 is 16.9 Å². The summed E-state index contributed by atoms with van der Waals surface area (Å²) in [5.74, 6) is 2.97. The largest absolute Gasteiger partial charge is 0.477 e. The zero-order valence-electron chi connectivity index (χ0n) is 16.3. The third-order valence-corrected chi connectivity index (χ3v) is 5.33. The Morgan fingerprint density at radius 3 is 2.67 bits per heavy atom. The first kappa shape index (κ1) is 17.6. The smallest absolute Gasteiger partial charge is 0.219 e. The SMILES string of the molecule is Cc1nc(C)c(C)c(OCC2CCN(c3ncnc4c3cnn4C)CC2)n1. The summed E-state index contributed by atoms with van der Waals surface area (Å²) in [7, 11) is 1.90. The maximum absolute atomic E-state index is 6.04. The van der Waals surface area contributed by atoms with E-state index in [1.165, 1.54) is 0 Å². The van der Waals surface area contributed by atoms with Crippen molar-refractivity contribution in [3.8, 4) is 5.88 Å². The molecular weight excluding hydrogens is 342 g/mol. The van der Waals surface area contributed by atoms with Crippen molar-refractivity contribution in [3.63, 3.8) is 0 Å². The molecule has 142 valence electrons. The van der Waals surface area contributed by atoms with E-state index in [-0.39, 0.29) is 0 Å². The molecule has 4 heterocycles. The van der Waals surface area contributed by atoms with Gasteiger partial charge in [0.05, 0.1) is 18.2 Å². The number of aryl methyl sites for hydroxylation is 3. The highest BCUT2D eigenvalue weighted by Crippen LogP contribution is 2.27. The Balaban J connectivity index is 1.39. The van der Waals surface area contributed by atoms with Gasteiger partial charge < -0.3 is 9.64 Å². The van der Waals surface area contributed by atoms with Crippen molar-refractivity contribution in [2.24, 2.45) is 13.0 Å². The Hall–Kier alpha value is -2.77. The molecule has 8 heteroatoms. The van der Waals surface area contributed by atoms with Crippen LogP contribution in [0.15, 0.2) is 12.5 Å². The Morgan fingerprint density at radius 2 is 1.89 bits per heavy atom. The Labute approximate surface area is 158 Å². The highest BCUT2D eigenvalue weighted by molar-refractivity contribution is 5.86. The van der Waals surface area contributed by atoms with Crippen molar-refractivity contribution in [3.05, 3.63) is 29.6 Å². The number of hydrogen-bond acceptors (Lipinski definition) is 7. The first-order chi connectivity index (χ1) is 13.0. The standard InChI is InChI=1S/C19H25N7O/c1-12-13(2)23-14(3)24-19(12)27-10-15-5-7-26(8-6-15)18-16-9-22-25(4)17(16)20-11-21-18/h9,11,15H,5-8,10H2,1-4H3. The van der Waals surface area contributed by atoms with Gasteiger partial charge in [-0.2, -0.15) is 10.1 Å². The van der Waals surface area contributed by atoms with E-state index >= 15 is 0 Å². The van der Waals surface area contributed by atoms with Crippen LogP contribution in [-0.4, -0.2) is 49.4 Å². The Kier molecular flexibility index (Phi) is 4.63. The van der Waals surface area contributed by atoms with Crippen LogP contribution in [0, 0.1) is 26.7 Å². The van der Waals surface area contributed by atoms with Crippen LogP contribution in [0.5, 0.6) is 5.88 Å². The van der Waals surface area contributed by atoms with Crippen molar-refractivity contribution < 1.29 is 4.74 Å². The molecule has 0 unspecified atom stereocenters. The predicted molar refractivity (Wildman–Crippen MR) is 103 cm³/mol. The third kappa shape index (κ3) is 3.43. The minimum absolute atomic E-state index is 0.516. The first-order valence-corrected chi connectivity index (χ1v) is 9.35. The summed E-state index contributed by atoms with van der Waals surface area (Å²) in [6.45, 7) is 8.51. The monoisotopic (exact) mass is 367 g/mol. The second-order valence-electron chi connectivity index (χ2n) is 7.23. The maximum Gasteiger partial charge on any atom is 0.219 e. The normalized spacial score (nSPS) is 15.5. The lowest BCUT2D eigenvalue weighted by molar-refractivity contribution is 0.214. The number of rotatable bonds is 4. The molecule has 0 spiro atoms. The molecule has 0 bridgehead atoms. The van der Waals surface area contributed by atoms with E-state index < -0.39 is 0 Å². The molecule has 3 aromatic rings. The zero-order valence-corrected chi connectivity index (χ0v) is 16.3. The number of hydrogen-bond donors (Lipinski definition) is 0. The number of aromatic nitrogens is 6. The van der Waals surface area contributed by atoms with E-state index in [9.17, 15) is 0 Å². The summed E-state index contributed by atoms with van der Waals surface area (Å²) in [4.78, 5) is 20.0. The molecular formula is C19H25N7O. The topological polar surface area (TPSA) is 81.9 Å². The minimum Gasteiger partial charge on any atom is -0.477 e. The molecule has 0 aromatic carbocycles. The van der Waals surface area contributed by atoms with Gasteiger partial charge in [0.2, 0.25) is 5.88 Å². The van der Waals surface area contributed by atoms with Crippen molar-refractivity contribution in [2.75, 3.05) is 24.6 Å². The number of fused-ring (bicyclic) bond motifs is 1. The van der Waals surface area contributed by atoms with Crippen LogP contribution in [0.4, 0.5) is 5.82 Å². The summed E-state index contributed by atoms with van der Waals surface area (Å²) in [6, 6.07) is 0. The molecule has 1 aliphatic rings. The summed E-state index contributed by atoms with van der Waals surface area (Å²) in [6.07, 6.45) is 5.60. The molecule has 0 radical (unpaired) electrons. The third-order valence-electron chi connectivity index (χ3n) is 5.33. The van der Waals surface area contributed by atoms with Gasteiger partial charge in [-0.05, 0) is 39.5 Å². The molecule has 0 amide bonds. The van der Waals surface area contributed by atoms with Gasteiger partial charge in [0, 0.05) is 31.4 Å². The highest BCUT2D eigenvalue weighted by Gasteiger charge is 2.23. The second-order valence-corrected chi connectivity index (χ2v) is 7.23. The van der Waals surface area contributed by atoms with Crippen molar-refractivity contribution in [1.82, 2.24) is 29.7 Å². The van der Waals surface area contributed by atoms with Gasteiger partial charge in [-0.3, -0.25) is 4.68 Å². The molecule has 1 saturated heterocycles. The van der Waals surface area contributed by atoms with E-state index in [0.29, 0.717) is 12.5 Å². The first-order valence-electron chi connectivity index (χ1n) is 9.35. The second kappa shape index (κ2) is 7.09. The predicted octanol–water partition coefficient (Wildman–Crippen LogP) is 2.37. The molecule has 4 rings (SSSR count). The number of anilines is 1. The molecule has 1 aliphatic heterocycles. The Bertz CT molecular complexity index is 960. The van der Waals surface area contributed by atoms with Gasteiger partial charge in [-0.25, -0.2) is 15.0 Å². The van der Waals surface area contributed by atoms with Crippen LogP contribution in [0.25, 0.3) is 11.0 Å². The van der Waals surface area contributed by atoms with Gasteiger partial charge in [-0.1, -0.05) is 0 Å². The minimum atomic E-state index is 0.516. The maximum atomic E-state index is 6.04. The van der Waals surface area contributed by atoms with Crippen LogP contribution >= 0.6 is 0 Å². The average Bonchev–Trinajstić information content (AvgIpc) is 3.05. The van der Waals surface area contributed by atoms with Gasteiger partial charge in [-0.15, -0.1) is 0 Å². The quantitative estimate of drug-likeness (QED) is 0.700. The molecule has 0 N–H and O–H groups in total. The van der Waals surface area contributed by atoms with E-state index in [1.54, 1.807) is 11.0 Å². The average molecular weight is 367 g/mol. The molecule has 8 nitrogen and oxygen atoms in total. The molecule has 1 fully saturated rings. The molecule has 27 heavy (non-hydrogen) atoms. The fourth-order valence-electron chi connectivity index (χ4n) is 3.59. The summed E-state index contributed by atoms with van der Waals surface area (Å²) < 4.78 is 7.83. The van der Waals surface area contributed by atoms with Gasteiger partial charge in [0.25, 0.3) is 0 Å². The van der Waals surface area contributed by atoms with E-state index in [2.05, 4.69) is 29.9 Å². The van der Waals surface area contributed by atoms with Crippen molar-refractivity contribution in [1.29, 1.82) is 0 Å². The Morgan fingerprint density at radius 1 is 1.11 bits per heavy atom. The fourth-order valence-corrected chi connectivity index (χ4v) is 3.59. The zero-order chi connectivity index (χ0) is 19.0. The molecule has 3 aromatic heterocycles. The summed E-state index contributed by atoms with van der Waals surface area (Å²) in [5.41, 5.74) is 2.88. The molecule has 0 atom stereocenters. The molecule has 0 aliphatic carbocycles. The summed E-state index contributed by atoms with van der Waals surface area (Å²) in [5, 5.41) is 5.32. The lowest BCUT2D eigenvalue weighted by atomic mass is 9.97. The van der Waals surface area contributed by atoms with Crippen LogP contribution in [0.3, 0.4) is 0 Å². The lowest BCUT2D eigenvalue weighted by Crippen LogP contribution is -2.36. The van der Waals surface area contributed by atoms with Gasteiger partial charge in [0.1, 0.15) is 18.0 Å². The van der Waals surface area contributed by atoms with Gasteiger partial charge in [0.15, 0.2) is 5.65 Å². The van der Waals surface area contributed by atoms with Crippen molar-refractivity contribution in [2.45, 2.75) is 33.6 Å². The van der Waals surface area contributed by atoms with E-state index in [0.717, 1.165) is 65.7 Å². The van der Waals surface area contributed by atoms with Crippen LogP contribution < -0.4 is 9.64 Å².